The van der Waals surface area contributed by atoms with Crippen LogP contribution in [-0.2, 0) is 15.0 Å². The Labute approximate surface area is 103 Å². The van der Waals surface area contributed by atoms with Gasteiger partial charge in [0.25, 0.3) is 0 Å². The standard InChI is InChI=1S/C10H14N4O2S/c1-7-12-4-8(17-7)10(13-14-11)5-15-9(2,3)16-6-10/h4H,5-6H2,1-3H3. The van der Waals surface area contributed by atoms with Crippen molar-refractivity contribution in [1.82, 2.24) is 4.98 Å². The second-order valence-corrected chi connectivity index (χ2v) is 5.68. The molecule has 0 amide bonds. The number of aromatic nitrogens is 1. The number of azide groups is 1. The first-order valence-corrected chi connectivity index (χ1v) is 6.06. The molecule has 0 unspecified atom stereocenters. The molecule has 2 rings (SSSR count). The molecule has 92 valence electrons. The van der Waals surface area contributed by atoms with E-state index in [4.69, 9.17) is 15.0 Å². The Hall–Kier alpha value is -1.14. The van der Waals surface area contributed by atoms with E-state index in [1.54, 1.807) is 6.20 Å². The van der Waals surface area contributed by atoms with E-state index in [1.165, 1.54) is 11.3 Å². The molecule has 17 heavy (non-hydrogen) atoms. The zero-order valence-electron chi connectivity index (χ0n) is 10.0. The molecule has 7 heteroatoms. The number of rotatable bonds is 2. The summed E-state index contributed by atoms with van der Waals surface area (Å²) < 4.78 is 11.2. The smallest absolute Gasteiger partial charge is 0.162 e. The fraction of sp³-hybridized carbons (Fsp3) is 0.700. The van der Waals surface area contributed by atoms with Crippen molar-refractivity contribution in [3.8, 4) is 0 Å². The van der Waals surface area contributed by atoms with Gasteiger partial charge in [-0.3, -0.25) is 0 Å². The quantitative estimate of drug-likeness (QED) is 0.462. The summed E-state index contributed by atoms with van der Waals surface area (Å²) in [4.78, 5) is 7.97. The van der Waals surface area contributed by atoms with Crippen LogP contribution in [0.4, 0.5) is 0 Å². The molecule has 0 atom stereocenters. The van der Waals surface area contributed by atoms with Crippen LogP contribution >= 0.6 is 11.3 Å². The van der Waals surface area contributed by atoms with Gasteiger partial charge < -0.3 is 9.47 Å². The lowest BCUT2D eigenvalue weighted by atomic mass is 10.0. The van der Waals surface area contributed by atoms with Crippen LogP contribution in [0.3, 0.4) is 0 Å². The summed E-state index contributed by atoms with van der Waals surface area (Å²) in [6, 6.07) is 0. The van der Waals surface area contributed by atoms with E-state index in [2.05, 4.69) is 15.0 Å². The normalized spacial score (nSPS) is 21.8. The molecule has 1 aliphatic heterocycles. The van der Waals surface area contributed by atoms with Crippen molar-refractivity contribution in [3.63, 3.8) is 0 Å². The summed E-state index contributed by atoms with van der Waals surface area (Å²) in [5.41, 5.74) is 7.93. The van der Waals surface area contributed by atoms with E-state index in [1.807, 2.05) is 20.8 Å². The summed E-state index contributed by atoms with van der Waals surface area (Å²) in [6.07, 6.45) is 1.72. The second kappa shape index (κ2) is 4.27. The molecule has 1 aromatic heterocycles. The highest BCUT2D eigenvalue weighted by Crippen LogP contribution is 2.37. The van der Waals surface area contributed by atoms with Gasteiger partial charge in [-0.15, -0.1) is 11.3 Å². The summed E-state index contributed by atoms with van der Waals surface area (Å²) in [5.74, 6) is -0.631. The van der Waals surface area contributed by atoms with Crippen molar-refractivity contribution in [2.24, 2.45) is 5.11 Å². The molecule has 2 heterocycles. The van der Waals surface area contributed by atoms with Crippen molar-refractivity contribution in [3.05, 3.63) is 26.5 Å². The monoisotopic (exact) mass is 254 g/mol. The SMILES string of the molecule is Cc1ncc(C2(N=[N+]=[N-])COC(C)(C)OC2)s1. The number of ether oxygens (including phenoxy) is 2. The van der Waals surface area contributed by atoms with Crippen molar-refractivity contribution in [2.75, 3.05) is 13.2 Å². The molecule has 0 radical (unpaired) electrons. The van der Waals surface area contributed by atoms with Gasteiger partial charge in [-0.25, -0.2) is 4.98 Å². The van der Waals surface area contributed by atoms with Gasteiger partial charge in [-0.2, -0.15) is 0 Å². The molecule has 6 nitrogen and oxygen atoms in total. The summed E-state index contributed by atoms with van der Waals surface area (Å²) >= 11 is 1.50. The molecule has 1 aliphatic rings. The van der Waals surface area contributed by atoms with Crippen LogP contribution in [0.1, 0.15) is 23.7 Å². The van der Waals surface area contributed by atoms with Crippen LogP contribution in [0.15, 0.2) is 11.3 Å². The third kappa shape index (κ3) is 2.42. The lowest BCUT2D eigenvalue weighted by Gasteiger charge is -2.40. The van der Waals surface area contributed by atoms with E-state index >= 15 is 0 Å². The largest absolute Gasteiger partial charge is 0.349 e. The number of aryl methyl sites for hydroxylation is 1. The molecule has 1 fully saturated rings. The van der Waals surface area contributed by atoms with Crippen LogP contribution in [0.25, 0.3) is 10.4 Å². The first-order valence-electron chi connectivity index (χ1n) is 5.25. The van der Waals surface area contributed by atoms with Crippen LogP contribution < -0.4 is 0 Å². The van der Waals surface area contributed by atoms with E-state index < -0.39 is 11.3 Å². The first kappa shape index (κ1) is 12.3. The molecule has 1 saturated heterocycles. The fourth-order valence-electron chi connectivity index (χ4n) is 1.58. The lowest BCUT2D eigenvalue weighted by molar-refractivity contribution is -0.268. The van der Waals surface area contributed by atoms with Gasteiger partial charge >= 0.3 is 0 Å². The third-order valence-electron chi connectivity index (χ3n) is 2.63. The van der Waals surface area contributed by atoms with Gasteiger partial charge in [0, 0.05) is 16.0 Å². The molecule has 0 N–H and O–H groups in total. The van der Waals surface area contributed by atoms with Gasteiger partial charge in [0.05, 0.1) is 18.2 Å². The topological polar surface area (TPSA) is 80.1 Å². The maximum Gasteiger partial charge on any atom is 0.162 e. The first-order chi connectivity index (χ1) is 7.97. The molecule has 0 aromatic carbocycles. The fourth-order valence-corrected chi connectivity index (χ4v) is 2.46. The van der Waals surface area contributed by atoms with Crippen LogP contribution in [0, 0.1) is 6.92 Å². The Balaban J connectivity index is 2.32. The molecule has 0 bridgehead atoms. The highest BCUT2D eigenvalue weighted by atomic mass is 32.1. The predicted molar refractivity (Wildman–Crippen MR) is 63.7 cm³/mol. The lowest BCUT2D eigenvalue weighted by Crippen LogP contribution is -2.47. The molecule has 0 aliphatic carbocycles. The highest BCUT2D eigenvalue weighted by molar-refractivity contribution is 7.11. The molecule has 0 saturated carbocycles. The Morgan fingerprint density at radius 1 is 1.47 bits per heavy atom. The van der Waals surface area contributed by atoms with Crippen molar-refractivity contribution >= 4 is 11.3 Å². The van der Waals surface area contributed by atoms with Crippen molar-refractivity contribution in [1.29, 1.82) is 0 Å². The zero-order chi connectivity index (χ0) is 12.5. The van der Waals surface area contributed by atoms with Crippen LogP contribution in [-0.4, -0.2) is 24.0 Å². The van der Waals surface area contributed by atoms with Gasteiger partial charge in [0.15, 0.2) is 5.79 Å². The van der Waals surface area contributed by atoms with Gasteiger partial charge in [-0.1, -0.05) is 5.11 Å². The maximum absolute atomic E-state index is 8.71. The van der Waals surface area contributed by atoms with Gasteiger partial charge in [0.2, 0.25) is 0 Å². The zero-order valence-corrected chi connectivity index (χ0v) is 10.8. The Bertz CT molecular complexity index is 455. The number of nitrogens with zero attached hydrogens (tertiary/aromatic N) is 4. The Morgan fingerprint density at radius 3 is 2.59 bits per heavy atom. The number of hydrogen-bond donors (Lipinski definition) is 0. The van der Waals surface area contributed by atoms with E-state index in [9.17, 15) is 0 Å². The number of thiazole rings is 1. The van der Waals surface area contributed by atoms with E-state index in [0.717, 1.165) is 9.88 Å². The van der Waals surface area contributed by atoms with Gasteiger partial charge in [-0.05, 0) is 26.3 Å². The summed E-state index contributed by atoms with van der Waals surface area (Å²) in [6.45, 7) is 6.21. The van der Waals surface area contributed by atoms with E-state index in [-0.39, 0.29) is 0 Å². The summed E-state index contributed by atoms with van der Waals surface area (Å²) in [5, 5.41) is 4.79. The molecular weight excluding hydrogens is 240 g/mol. The van der Waals surface area contributed by atoms with Crippen LogP contribution in [0.2, 0.25) is 0 Å². The Kier molecular flexibility index (Phi) is 3.09. The molecule has 0 spiro atoms. The predicted octanol–water partition coefficient (Wildman–Crippen LogP) is 2.74. The van der Waals surface area contributed by atoms with E-state index in [0.29, 0.717) is 13.2 Å². The minimum atomic E-state index is -0.782. The van der Waals surface area contributed by atoms with Crippen molar-refractivity contribution < 1.29 is 9.47 Å². The Morgan fingerprint density at radius 2 is 2.12 bits per heavy atom. The van der Waals surface area contributed by atoms with Crippen LogP contribution in [0.5, 0.6) is 0 Å². The minimum Gasteiger partial charge on any atom is -0.349 e. The third-order valence-corrected chi connectivity index (χ3v) is 3.74. The maximum atomic E-state index is 8.71. The average Bonchev–Trinajstić information content (AvgIpc) is 2.69. The average molecular weight is 254 g/mol. The second-order valence-electron chi connectivity index (χ2n) is 4.44. The summed E-state index contributed by atoms with van der Waals surface area (Å²) in [7, 11) is 0. The minimum absolute atomic E-state index is 0.311. The van der Waals surface area contributed by atoms with Crippen molar-refractivity contribution in [2.45, 2.75) is 32.1 Å². The van der Waals surface area contributed by atoms with Gasteiger partial charge in [0.1, 0.15) is 5.54 Å². The molecular formula is C10H14N4O2S. The number of hydrogen-bond acceptors (Lipinski definition) is 5. The highest BCUT2D eigenvalue weighted by Gasteiger charge is 2.42. The molecule has 1 aromatic rings.